The zero-order valence-corrected chi connectivity index (χ0v) is 14.4. The van der Waals surface area contributed by atoms with Crippen molar-refractivity contribution in [1.29, 1.82) is 0 Å². The molecule has 0 aliphatic carbocycles. The predicted molar refractivity (Wildman–Crippen MR) is 100 cm³/mol. The molecule has 1 aliphatic heterocycles. The number of benzene rings is 2. The Labute approximate surface area is 148 Å². The van der Waals surface area contributed by atoms with Gasteiger partial charge in [0.15, 0.2) is 0 Å². The quantitative estimate of drug-likeness (QED) is 0.721. The van der Waals surface area contributed by atoms with Gasteiger partial charge >= 0.3 is 0 Å². The number of fused-ring (bicyclic) bond motifs is 1. The number of hydrogen-bond donors (Lipinski definition) is 0. The van der Waals surface area contributed by atoms with E-state index in [4.69, 9.17) is 14.5 Å². The van der Waals surface area contributed by atoms with E-state index < -0.39 is 0 Å². The third-order valence-electron chi connectivity index (χ3n) is 4.56. The molecular formula is C21H22N2O2. The number of hydrogen-bond acceptors (Lipinski definition) is 4. The zero-order chi connectivity index (χ0) is 17.1. The summed E-state index contributed by atoms with van der Waals surface area (Å²) in [4.78, 5) is 7.13. The Bertz CT molecular complexity index is 851. The van der Waals surface area contributed by atoms with Crippen LogP contribution in [0.2, 0.25) is 0 Å². The van der Waals surface area contributed by atoms with Crippen molar-refractivity contribution in [2.45, 2.75) is 19.6 Å². The van der Waals surface area contributed by atoms with Gasteiger partial charge in [0.25, 0.3) is 0 Å². The number of pyridine rings is 1. The molecule has 1 saturated heterocycles. The van der Waals surface area contributed by atoms with Crippen molar-refractivity contribution >= 4 is 16.7 Å². The van der Waals surface area contributed by atoms with Crippen LogP contribution in [0.15, 0.2) is 60.7 Å². The zero-order valence-electron chi connectivity index (χ0n) is 14.4. The molecule has 4 nitrogen and oxygen atoms in total. The molecule has 0 radical (unpaired) electrons. The first-order valence-corrected chi connectivity index (χ1v) is 8.71. The number of morpholine rings is 1. The maximum absolute atomic E-state index is 5.91. The van der Waals surface area contributed by atoms with Crippen LogP contribution in [-0.4, -0.2) is 30.8 Å². The van der Waals surface area contributed by atoms with Crippen LogP contribution < -0.4 is 9.64 Å². The number of aromatic nitrogens is 1. The Balaban J connectivity index is 1.52. The first-order chi connectivity index (χ1) is 12.3. The highest BCUT2D eigenvalue weighted by molar-refractivity contribution is 5.81. The number of rotatable bonds is 4. The van der Waals surface area contributed by atoms with Gasteiger partial charge < -0.3 is 14.4 Å². The Morgan fingerprint density at radius 1 is 1.12 bits per heavy atom. The molecule has 0 bridgehead atoms. The maximum Gasteiger partial charge on any atom is 0.129 e. The largest absolute Gasteiger partial charge is 0.489 e. The molecule has 4 heteroatoms. The highest BCUT2D eigenvalue weighted by Crippen LogP contribution is 2.25. The molecule has 2 heterocycles. The van der Waals surface area contributed by atoms with E-state index in [-0.39, 0.29) is 0 Å². The molecule has 0 saturated carbocycles. The molecule has 0 amide bonds. The van der Waals surface area contributed by atoms with Gasteiger partial charge in [-0.05, 0) is 42.8 Å². The molecule has 0 spiro atoms. The van der Waals surface area contributed by atoms with E-state index in [9.17, 15) is 0 Å². The second-order valence-electron chi connectivity index (χ2n) is 6.42. The van der Waals surface area contributed by atoms with Crippen LogP contribution in [0, 0.1) is 0 Å². The van der Waals surface area contributed by atoms with Gasteiger partial charge in [0.1, 0.15) is 18.2 Å². The van der Waals surface area contributed by atoms with Crippen LogP contribution in [0.4, 0.5) is 5.82 Å². The van der Waals surface area contributed by atoms with Crippen molar-refractivity contribution < 1.29 is 9.47 Å². The van der Waals surface area contributed by atoms with Crippen LogP contribution in [0.25, 0.3) is 10.9 Å². The summed E-state index contributed by atoms with van der Waals surface area (Å²) in [6.07, 6.45) is 0. The first-order valence-electron chi connectivity index (χ1n) is 8.71. The normalized spacial score (nSPS) is 17.6. The summed E-state index contributed by atoms with van der Waals surface area (Å²) in [5.41, 5.74) is 2.15. The second kappa shape index (κ2) is 7.11. The van der Waals surface area contributed by atoms with Crippen LogP contribution in [-0.2, 0) is 11.3 Å². The lowest BCUT2D eigenvalue weighted by molar-refractivity contribution is 0.0986. The smallest absolute Gasteiger partial charge is 0.129 e. The molecule has 1 aliphatic rings. The molecule has 3 aromatic rings. The molecule has 4 rings (SSSR count). The minimum atomic E-state index is 0.354. The van der Waals surface area contributed by atoms with Crippen LogP contribution in [0.3, 0.4) is 0 Å². The lowest BCUT2D eigenvalue weighted by Crippen LogP contribution is -2.44. The van der Waals surface area contributed by atoms with Crippen molar-refractivity contribution in [3.63, 3.8) is 0 Å². The third-order valence-corrected chi connectivity index (χ3v) is 4.56. The molecule has 128 valence electrons. The number of ether oxygens (including phenoxy) is 2. The standard InChI is InChI=1S/C21H22N2O2/c1-16-14-24-12-11-23(16)21-10-7-18-13-19(8-9-20(18)22-21)25-15-17-5-3-2-4-6-17/h2-10,13,16H,11-12,14-15H2,1H3. The summed E-state index contributed by atoms with van der Waals surface area (Å²) >= 11 is 0. The second-order valence-corrected chi connectivity index (χ2v) is 6.42. The summed E-state index contributed by atoms with van der Waals surface area (Å²) in [6, 6.07) is 20.8. The van der Waals surface area contributed by atoms with Crippen LogP contribution >= 0.6 is 0 Å². The van der Waals surface area contributed by atoms with Gasteiger partial charge in [0, 0.05) is 11.9 Å². The van der Waals surface area contributed by atoms with E-state index >= 15 is 0 Å². The summed E-state index contributed by atoms with van der Waals surface area (Å²) < 4.78 is 11.4. The molecule has 25 heavy (non-hydrogen) atoms. The molecule has 1 fully saturated rings. The van der Waals surface area contributed by atoms with E-state index in [2.05, 4.69) is 42.2 Å². The number of nitrogens with zero attached hydrogens (tertiary/aromatic N) is 2. The summed E-state index contributed by atoms with van der Waals surface area (Å²) in [5.74, 6) is 1.88. The Morgan fingerprint density at radius 3 is 2.84 bits per heavy atom. The van der Waals surface area contributed by atoms with Gasteiger partial charge in [0.05, 0.1) is 24.8 Å². The van der Waals surface area contributed by atoms with E-state index in [0.717, 1.165) is 47.8 Å². The van der Waals surface area contributed by atoms with Crippen molar-refractivity contribution in [3.05, 3.63) is 66.2 Å². The summed E-state index contributed by atoms with van der Waals surface area (Å²) in [7, 11) is 0. The van der Waals surface area contributed by atoms with Gasteiger partial charge in [-0.15, -0.1) is 0 Å². The van der Waals surface area contributed by atoms with Crippen molar-refractivity contribution in [2.75, 3.05) is 24.7 Å². The fourth-order valence-electron chi connectivity index (χ4n) is 3.15. The SMILES string of the molecule is CC1COCCN1c1ccc2cc(OCc3ccccc3)ccc2n1. The van der Waals surface area contributed by atoms with Crippen LogP contribution in [0.5, 0.6) is 5.75 Å². The van der Waals surface area contributed by atoms with E-state index in [1.807, 2.05) is 30.3 Å². The Morgan fingerprint density at radius 2 is 2.00 bits per heavy atom. The Kier molecular flexibility index (Phi) is 4.53. The van der Waals surface area contributed by atoms with Gasteiger partial charge in [-0.2, -0.15) is 0 Å². The molecule has 1 unspecified atom stereocenters. The van der Waals surface area contributed by atoms with Crippen molar-refractivity contribution in [3.8, 4) is 5.75 Å². The lowest BCUT2D eigenvalue weighted by Gasteiger charge is -2.34. The highest BCUT2D eigenvalue weighted by Gasteiger charge is 2.20. The van der Waals surface area contributed by atoms with Crippen LogP contribution in [0.1, 0.15) is 12.5 Å². The maximum atomic E-state index is 5.91. The lowest BCUT2D eigenvalue weighted by atomic mass is 10.2. The fraction of sp³-hybridized carbons (Fsp3) is 0.286. The average molecular weight is 334 g/mol. The van der Waals surface area contributed by atoms with Gasteiger partial charge in [-0.25, -0.2) is 4.98 Å². The van der Waals surface area contributed by atoms with Gasteiger partial charge in [-0.3, -0.25) is 0 Å². The minimum absolute atomic E-state index is 0.354. The molecule has 0 N–H and O–H groups in total. The summed E-state index contributed by atoms with van der Waals surface area (Å²) in [5, 5.41) is 1.09. The molecule has 1 aromatic heterocycles. The monoisotopic (exact) mass is 334 g/mol. The molecular weight excluding hydrogens is 312 g/mol. The molecule has 2 aromatic carbocycles. The topological polar surface area (TPSA) is 34.6 Å². The Hall–Kier alpha value is -2.59. The number of anilines is 1. The van der Waals surface area contributed by atoms with Gasteiger partial charge in [0.2, 0.25) is 0 Å². The van der Waals surface area contributed by atoms with Crippen molar-refractivity contribution in [2.24, 2.45) is 0 Å². The third kappa shape index (κ3) is 3.59. The van der Waals surface area contributed by atoms with Crippen molar-refractivity contribution in [1.82, 2.24) is 4.98 Å². The summed E-state index contributed by atoms with van der Waals surface area (Å²) in [6.45, 7) is 5.15. The fourth-order valence-corrected chi connectivity index (χ4v) is 3.15. The van der Waals surface area contributed by atoms with E-state index in [1.165, 1.54) is 0 Å². The average Bonchev–Trinajstić information content (AvgIpc) is 2.67. The predicted octanol–water partition coefficient (Wildman–Crippen LogP) is 4.04. The van der Waals surface area contributed by atoms with E-state index in [1.54, 1.807) is 0 Å². The first kappa shape index (κ1) is 15.9. The minimum Gasteiger partial charge on any atom is -0.489 e. The molecule has 1 atom stereocenters. The van der Waals surface area contributed by atoms with E-state index in [0.29, 0.717) is 12.6 Å². The highest BCUT2D eigenvalue weighted by atomic mass is 16.5. The van der Waals surface area contributed by atoms with Gasteiger partial charge in [-0.1, -0.05) is 30.3 Å².